The van der Waals surface area contributed by atoms with E-state index in [1.54, 1.807) is 7.11 Å². The van der Waals surface area contributed by atoms with E-state index in [2.05, 4.69) is 26.2 Å². The van der Waals surface area contributed by atoms with Crippen molar-refractivity contribution in [1.29, 1.82) is 0 Å². The van der Waals surface area contributed by atoms with Crippen LogP contribution in [0.3, 0.4) is 0 Å². The third-order valence-electron chi connectivity index (χ3n) is 3.04. The van der Waals surface area contributed by atoms with Crippen molar-refractivity contribution < 1.29 is 9.53 Å². The Kier molecular flexibility index (Phi) is 6.02. The lowest BCUT2D eigenvalue weighted by Crippen LogP contribution is -2.30. The SMILES string of the molecule is COCCNC(=O)Cn1c(CCCl)nc2ccc(Br)cc21. The number of ether oxygens (including phenoxy) is 1. The second-order valence-corrected chi connectivity index (χ2v) is 5.82. The summed E-state index contributed by atoms with van der Waals surface area (Å²) < 4.78 is 7.78. The second kappa shape index (κ2) is 7.77. The molecule has 0 aliphatic carbocycles. The number of carbonyl (C=O) groups excluding carboxylic acids is 1. The van der Waals surface area contributed by atoms with Crippen LogP contribution in [0.15, 0.2) is 22.7 Å². The average Bonchev–Trinajstić information content (AvgIpc) is 2.77. The molecule has 0 spiro atoms. The zero-order valence-corrected chi connectivity index (χ0v) is 14.1. The van der Waals surface area contributed by atoms with Crippen LogP contribution in [-0.2, 0) is 22.5 Å². The number of nitrogens with zero attached hydrogens (tertiary/aromatic N) is 2. The molecule has 0 aliphatic rings. The Morgan fingerprint density at radius 3 is 3.05 bits per heavy atom. The van der Waals surface area contributed by atoms with Gasteiger partial charge in [0.15, 0.2) is 0 Å². The molecule has 2 rings (SSSR count). The van der Waals surface area contributed by atoms with Gasteiger partial charge in [-0.3, -0.25) is 4.79 Å². The minimum Gasteiger partial charge on any atom is -0.383 e. The molecule has 0 aliphatic heterocycles. The van der Waals surface area contributed by atoms with Gasteiger partial charge in [-0.25, -0.2) is 4.98 Å². The van der Waals surface area contributed by atoms with E-state index in [1.165, 1.54) is 0 Å². The molecule has 7 heteroatoms. The predicted octanol–water partition coefficient (Wildman–Crippen LogP) is 2.34. The van der Waals surface area contributed by atoms with Gasteiger partial charge in [-0.2, -0.15) is 0 Å². The van der Waals surface area contributed by atoms with Crippen LogP contribution in [0.5, 0.6) is 0 Å². The Hall–Kier alpha value is -1.11. The predicted molar refractivity (Wildman–Crippen MR) is 86.7 cm³/mol. The largest absolute Gasteiger partial charge is 0.383 e. The van der Waals surface area contributed by atoms with Gasteiger partial charge in [-0.1, -0.05) is 15.9 Å². The van der Waals surface area contributed by atoms with Crippen LogP contribution in [-0.4, -0.2) is 41.6 Å². The zero-order valence-electron chi connectivity index (χ0n) is 11.7. The third kappa shape index (κ3) is 4.18. The molecule has 0 saturated heterocycles. The summed E-state index contributed by atoms with van der Waals surface area (Å²) in [6.45, 7) is 1.22. The number of aromatic nitrogens is 2. The van der Waals surface area contributed by atoms with Crippen molar-refractivity contribution in [2.24, 2.45) is 0 Å². The fraction of sp³-hybridized carbons (Fsp3) is 0.429. The second-order valence-electron chi connectivity index (χ2n) is 4.53. The van der Waals surface area contributed by atoms with E-state index in [1.807, 2.05) is 22.8 Å². The Bertz CT molecular complexity index is 630. The number of amides is 1. The van der Waals surface area contributed by atoms with Crippen molar-refractivity contribution in [1.82, 2.24) is 14.9 Å². The first-order valence-electron chi connectivity index (χ1n) is 6.62. The minimum atomic E-state index is -0.0675. The molecule has 0 saturated carbocycles. The number of carbonyl (C=O) groups is 1. The van der Waals surface area contributed by atoms with Gasteiger partial charge in [0.1, 0.15) is 12.4 Å². The lowest BCUT2D eigenvalue weighted by Gasteiger charge is -2.09. The molecule has 0 radical (unpaired) electrons. The summed E-state index contributed by atoms with van der Waals surface area (Å²) in [6, 6.07) is 5.82. The van der Waals surface area contributed by atoms with Crippen molar-refractivity contribution >= 4 is 44.5 Å². The number of alkyl halides is 1. The number of halogens is 2. The fourth-order valence-electron chi connectivity index (χ4n) is 2.09. The maximum Gasteiger partial charge on any atom is 0.240 e. The number of imidazole rings is 1. The molecule has 21 heavy (non-hydrogen) atoms. The highest BCUT2D eigenvalue weighted by Crippen LogP contribution is 2.21. The standard InChI is InChI=1S/C14H17BrClN3O2/c1-21-7-6-17-14(20)9-19-12-8-10(15)2-3-11(12)18-13(19)4-5-16/h2-3,8H,4-7,9H2,1H3,(H,17,20). The number of aryl methyl sites for hydroxylation is 1. The number of hydrogen-bond acceptors (Lipinski definition) is 3. The molecule has 1 aromatic heterocycles. The van der Waals surface area contributed by atoms with Crippen LogP contribution < -0.4 is 5.32 Å². The Morgan fingerprint density at radius 2 is 2.33 bits per heavy atom. The summed E-state index contributed by atoms with van der Waals surface area (Å²) in [7, 11) is 1.60. The van der Waals surface area contributed by atoms with E-state index in [0.717, 1.165) is 21.3 Å². The van der Waals surface area contributed by atoms with Crippen molar-refractivity contribution in [3.63, 3.8) is 0 Å². The Morgan fingerprint density at radius 1 is 1.52 bits per heavy atom. The quantitative estimate of drug-likeness (QED) is 0.598. The van der Waals surface area contributed by atoms with Crippen LogP contribution in [0.2, 0.25) is 0 Å². The van der Waals surface area contributed by atoms with Gasteiger partial charge in [0.2, 0.25) is 5.91 Å². The highest BCUT2D eigenvalue weighted by Gasteiger charge is 2.13. The van der Waals surface area contributed by atoms with Gasteiger partial charge in [0.25, 0.3) is 0 Å². The minimum absolute atomic E-state index is 0.0675. The Balaban J connectivity index is 2.24. The van der Waals surface area contributed by atoms with E-state index < -0.39 is 0 Å². The molecule has 0 fully saturated rings. The summed E-state index contributed by atoms with van der Waals surface area (Å²) in [6.07, 6.45) is 0.624. The molecule has 0 atom stereocenters. The monoisotopic (exact) mass is 373 g/mol. The topological polar surface area (TPSA) is 56.1 Å². The summed E-state index contributed by atoms with van der Waals surface area (Å²) in [5.41, 5.74) is 1.79. The van der Waals surface area contributed by atoms with Crippen LogP contribution >= 0.6 is 27.5 Å². The van der Waals surface area contributed by atoms with Gasteiger partial charge in [-0.15, -0.1) is 11.6 Å². The number of fused-ring (bicyclic) bond motifs is 1. The summed E-state index contributed by atoms with van der Waals surface area (Å²) in [5.74, 6) is 1.22. The molecular weight excluding hydrogens is 358 g/mol. The van der Waals surface area contributed by atoms with Gasteiger partial charge >= 0.3 is 0 Å². The molecule has 0 bridgehead atoms. The summed E-state index contributed by atoms with van der Waals surface area (Å²) in [5, 5.41) is 2.81. The van der Waals surface area contributed by atoms with Crippen molar-refractivity contribution in [2.45, 2.75) is 13.0 Å². The van der Waals surface area contributed by atoms with E-state index in [9.17, 15) is 4.79 Å². The molecule has 1 aromatic carbocycles. The van der Waals surface area contributed by atoms with Gasteiger partial charge in [-0.05, 0) is 18.2 Å². The number of nitrogens with one attached hydrogen (secondary N) is 1. The van der Waals surface area contributed by atoms with Gasteiger partial charge < -0.3 is 14.6 Å². The summed E-state index contributed by atoms with van der Waals surface area (Å²) in [4.78, 5) is 16.6. The summed E-state index contributed by atoms with van der Waals surface area (Å²) >= 11 is 9.27. The molecule has 1 amide bonds. The van der Waals surface area contributed by atoms with Crippen LogP contribution in [0.4, 0.5) is 0 Å². The fourth-order valence-corrected chi connectivity index (χ4v) is 2.61. The molecule has 2 aromatic rings. The highest BCUT2D eigenvalue weighted by molar-refractivity contribution is 9.10. The number of hydrogen-bond donors (Lipinski definition) is 1. The van der Waals surface area contributed by atoms with Crippen molar-refractivity contribution in [3.05, 3.63) is 28.5 Å². The maximum atomic E-state index is 12.0. The first-order valence-corrected chi connectivity index (χ1v) is 7.94. The average molecular weight is 375 g/mol. The van der Waals surface area contributed by atoms with Crippen LogP contribution in [0.1, 0.15) is 5.82 Å². The highest BCUT2D eigenvalue weighted by atomic mass is 79.9. The van der Waals surface area contributed by atoms with Crippen LogP contribution in [0, 0.1) is 0 Å². The third-order valence-corrected chi connectivity index (χ3v) is 3.72. The van der Waals surface area contributed by atoms with Crippen molar-refractivity contribution in [2.75, 3.05) is 26.1 Å². The van der Waals surface area contributed by atoms with Gasteiger partial charge in [0.05, 0.1) is 17.6 Å². The number of rotatable bonds is 7. The molecule has 1 heterocycles. The number of methoxy groups -OCH3 is 1. The van der Waals surface area contributed by atoms with E-state index >= 15 is 0 Å². The Labute approximate surface area is 136 Å². The molecular formula is C14H17BrClN3O2. The van der Waals surface area contributed by atoms with Gasteiger partial charge in [0, 0.05) is 30.4 Å². The van der Waals surface area contributed by atoms with Crippen LogP contribution in [0.25, 0.3) is 11.0 Å². The molecule has 5 nitrogen and oxygen atoms in total. The molecule has 1 N–H and O–H groups in total. The lowest BCUT2D eigenvalue weighted by molar-refractivity contribution is -0.121. The van der Waals surface area contributed by atoms with Crippen molar-refractivity contribution in [3.8, 4) is 0 Å². The zero-order chi connectivity index (χ0) is 15.2. The van der Waals surface area contributed by atoms with E-state index in [-0.39, 0.29) is 12.5 Å². The smallest absolute Gasteiger partial charge is 0.240 e. The maximum absolute atomic E-state index is 12.0. The van der Waals surface area contributed by atoms with E-state index in [4.69, 9.17) is 16.3 Å². The number of benzene rings is 1. The molecule has 0 unspecified atom stereocenters. The first kappa shape index (κ1) is 16.3. The normalized spacial score (nSPS) is 11.0. The first-order chi connectivity index (χ1) is 10.2. The lowest BCUT2D eigenvalue weighted by atomic mass is 10.3. The molecule has 114 valence electrons. The van der Waals surface area contributed by atoms with E-state index in [0.29, 0.717) is 25.5 Å².